The van der Waals surface area contributed by atoms with E-state index in [1.54, 1.807) is 11.3 Å². The first-order chi connectivity index (χ1) is 10.3. The zero-order chi connectivity index (χ0) is 14.5. The van der Waals surface area contributed by atoms with Crippen molar-refractivity contribution in [3.8, 4) is 11.4 Å². The second-order valence-corrected chi connectivity index (χ2v) is 5.74. The monoisotopic (exact) mass is 307 g/mol. The minimum absolute atomic E-state index is 0.0132. The molecule has 0 saturated carbocycles. The molecule has 21 heavy (non-hydrogen) atoms. The molecule has 1 fully saturated rings. The maximum Gasteiger partial charge on any atom is 0.227 e. The summed E-state index contributed by atoms with van der Waals surface area (Å²) in [5.74, 6) is 1.05. The molecule has 0 unspecified atom stereocenters. The van der Waals surface area contributed by atoms with E-state index in [2.05, 4.69) is 15.5 Å². The van der Waals surface area contributed by atoms with Crippen LogP contribution < -0.4 is 5.32 Å². The number of rotatable bonds is 6. The van der Waals surface area contributed by atoms with Gasteiger partial charge in [0.2, 0.25) is 17.6 Å². The lowest BCUT2D eigenvalue weighted by atomic mass is 10.2. The minimum atomic E-state index is -0.0132. The van der Waals surface area contributed by atoms with Gasteiger partial charge in [-0.05, 0) is 24.3 Å². The lowest BCUT2D eigenvalue weighted by molar-refractivity contribution is -0.121. The number of nitrogens with zero attached hydrogens (tertiary/aromatic N) is 2. The molecule has 1 saturated heterocycles. The van der Waals surface area contributed by atoms with Crippen LogP contribution in [-0.4, -0.2) is 35.3 Å². The number of aryl methyl sites for hydroxylation is 1. The van der Waals surface area contributed by atoms with Gasteiger partial charge >= 0.3 is 0 Å². The lowest BCUT2D eigenvalue weighted by Crippen LogP contribution is -2.31. The van der Waals surface area contributed by atoms with Gasteiger partial charge in [-0.3, -0.25) is 4.79 Å². The highest BCUT2D eigenvalue weighted by Crippen LogP contribution is 2.19. The molecule has 1 aliphatic rings. The highest BCUT2D eigenvalue weighted by atomic mass is 32.1. The number of aromatic nitrogens is 2. The van der Waals surface area contributed by atoms with Crippen molar-refractivity contribution in [2.24, 2.45) is 0 Å². The Morgan fingerprint density at radius 2 is 2.48 bits per heavy atom. The summed E-state index contributed by atoms with van der Waals surface area (Å²) in [6.07, 6.45) is 3.07. The molecule has 0 aromatic carbocycles. The summed E-state index contributed by atoms with van der Waals surface area (Å²) >= 11 is 1.58. The highest BCUT2D eigenvalue weighted by molar-refractivity contribution is 7.08. The van der Waals surface area contributed by atoms with Crippen LogP contribution in [0.5, 0.6) is 0 Å². The van der Waals surface area contributed by atoms with E-state index in [1.807, 2.05) is 16.8 Å². The first-order valence-corrected chi connectivity index (χ1v) is 7.99. The second-order valence-electron chi connectivity index (χ2n) is 4.96. The van der Waals surface area contributed by atoms with Gasteiger partial charge in [-0.15, -0.1) is 0 Å². The van der Waals surface area contributed by atoms with Gasteiger partial charge in [-0.1, -0.05) is 5.16 Å². The molecule has 1 atom stereocenters. The first-order valence-electron chi connectivity index (χ1n) is 7.05. The third-order valence-electron chi connectivity index (χ3n) is 3.36. The topological polar surface area (TPSA) is 77.2 Å². The molecule has 2 aromatic heterocycles. The van der Waals surface area contributed by atoms with Gasteiger partial charge in [0.1, 0.15) is 0 Å². The lowest BCUT2D eigenvalue weighted by Gasteiger charge is -2.09. The Bertz CT molecular complexity index is 576. The fourth-order valence-electron chi connectivity index (χ4n) is 2.21. The van der Waals surface area contributed by atoms with Crippen molar-refractivity contribution in [3.63, 3.8) is 0 Å². The molecule has 1 aliphatic heterocycles. The summed E-state index contributed by atoms with van der Waals surface area (Å²) in [6.45, 7) is 1.39. The summed E-state index contributed by atoms with van der Waals surface area (Å²) < 4.78 is 10.6. The van der Waals surface area contributed by atoms with Crippen LogP contribution in [0, 0.1) is 0 Å². The van der Waals surface area contributed by atoms with Crippen LogP contribution in [0.1, 0.15) is 25.2 Å². The molecule has 3 heterocycles. The van der Waals surface area contributed by atoms with Crippen molar-refractivity contribution in [1.82, 2.24) is 15.5 Å². The molecule has 112 valence electrons. The Labute approximate surface area is 126 Å². The maximum atomic E-state index is 11.8. The molecule has 0 aliphatic carbocycles. The molecule has 2 aromatic rings. The fraction of sp³-hybridized carbons (Fsp3) is 0.500. The van der Waals surface area contributed by atoms with Crippen molar-refractivity contribution in [2.45, 2.75) is 31.8 Å². The van der Waals surface area contributed by atoms with Gasteiger partial charge in [-0.25, -0.2) is 0 Å². The number of ether oxygens (including phenoxy) is 1. The summed E-state index contributed by atoms with van der Waals surface area (Å²) in [6, 6.07) is 1.94. The molecule has 7 heteroatoms. The van der Waals surface area contributed by atoms with E-state index in [0.717, 1.165) is 25.0 Å². The van der Waals surface area contributed by atoms with E-state index in [1.165, 1.54) is 0 Å². The van der Waals surface area contributed by atoms with Gasteiger partial charge in [0.15, 0.2) is 0 Å². The van der Waals surface area contributed by atoms with Crippen molar-refractivity contribution in [1.29, 1.82) is 0 Å². The number of carbonyl (C=O) groups excluding carboxylic acids is 1. The van der Waals surface area contributed by atoms with Crippen molar-refractivity contribution < 1.29 is 14.1 Å². The zero-order valence-electron chi connectivity index (χ0n) is 11.6. The fourth-order valence-corrected chi connectivity index (χ4v) is 2.84. The number of amides is 1. The van der Waals surface area contributed by atoms with Crippen LogP contribution in [0.4, 0.5) is 0 Å². The SMILES string of the molecule is O=C(CCc1nc(-c2ccsc2)no1)NC[C@@H]1CCCO1. The standard InChI is InChI=1S/C14H17N3O3S/c18-12(15-8-11-2-1-6-19-11)3-4-13-16-14(17-20-13)10-5-7-21-9-10/h5,7,9,11H,1-4,6,8H2,(H,15,18)/t11-/m0/s1. The normalized spacial score (nSPS) is 18.0. The van der Waals surface area contributed by atoms with Crippen LogP contribution in [0.2, 0.25) is 0 Å². The largest absolute Gasteiger partial charge is 0.376 e. The van der Waals surface area contributed by atoms with Gasteiger partial charge < -0.3 is 14.6 Å². The summed E-state index contributed by atoms with van der Waals surface area (Å²) in [7, 11) is 0. The van der Waals surface area contributed by atoms with E-state index in [0.29, 0.717) is 31.1 Å². The molecule has 0 bridgehead atoms. The quantitative estimate of drug-likeness (QED) is 0.883. The number of carbonyl (C=O) groups is 1. The second kappa shape index (κ2) is 6.82. The molecular weight excluding hydrogens is 290 g/mol. The summed E-state index contributed by atoms with van der Waals surface area (Å²) in [5, 5.41) is 10.7. The first kappa shape index (κ1) is 14.2. The van der Waals surface area contributed by atoms with Crippen LogP contribution in [0.3, 0.4) is 0 Å². The van der Waals surface area contributed by atoms with Crippen molar-refractivity contribution in [3.05, 3.63) is 22.7 Å². The molecule has 1 N–H and O–H groups in total. The van der Waals surface area contributed by atoms with Crippen LogP contribution in [0.25, 0.3) is 11.4 Å². The predicted octanol–water partition coefficient (Wildman–Crippen LogP) is 2.03. The van der Waals surface area contributed by atoms with E-state index >= 15 is 0 Å². The number of hydrogen-bond donors (Lipinski definition) is 1. The van der Waals surface area contributed by atoms with E-state index in [9.17, 15) is 4.79 Å². The molecule has 3 rings (SSSR count). The smallest absolute Gasteiger partial charge is 0.227 e. The predicted molar refractivity (Wildman–Crippen MR) is 77.9 cm³/mol. The average Bonchev–Trinajstić information content (AvgIpc) is 3.24. The van der Waals surface area contributed by atoms with Gasteiger partial charge in [0.05, 0.1) is 6.10 Å². The third-order valence-corrected chi connectivity index (χ3v) is 4.05. The Balaban J connectivity index is 1.43. The van der Waals surface area contributed by atoms with Crippen LogP contribution >= 0.6 is 11.3 Å². The molecule has 1 amide bonds. The molecule has 0 spiro atoms. The van der Waals surface area contributed by atoms with Gasteiger partial charge in [0, 0.05) is 36.9 Å². The van der Waals surface area contributed by atoms with E-state index < -0.39 is 0 Å². The summed E-state index contributed by atoms with van der Waals surface area (Å²) in [5.41, 5.74) is 0.942. The van der Waals surface area contributed by atoms with Gasteiger partial charge in [0.25, 0.3) is 0 Å². The minimum Gasteiger partial charge on any atom is -0.376 e. The Morgan fingerprint density at radius 3 is 3.24 bits per heavy atom. The molecule has 0 radical (unpaired) electrons. The van der Waals surface area contributed by atoms with Crippen LogP contribution in [-0.2, 0) is 16.0 Å². The number of nitrogens with one attached hydrogen (secondary N) is 1. The highest BCUT2D eigenvalue weighted by Gasteiger charge is 2.16. The number of hydrogen-bond acceptors (Lipinski definition) is 6. The molecular formula is C14H17N3O3S. The summed E-state index contributed by atoms with van der Waals surface area (Å²) in [4.78, 5) is 16.0. The number of thiophene rings is 1. The Kier molecular flexibility index (Phi) is 4.62. The van der Waals surface area contributed by atoms with Crippen LogP contribution in [0.15, 0.2) is 21.3 Å². The van der Waals surface area contributed by atoms with E-state index in [4.69, 9.17) is 9.26 Å². The van der Waals surface area contributed by atoms with Gasteiger partial charge in [-0.2, -0.15) is 16.3 Å². The Hall–Kier alpha value is -1.73. The van der Waals surface area contributed by atoms with E-state index in [-0.39, 0.29) is 12.0 Å². The van der Waals surface area contributed by atoms with Crippen molar-refractivity contribution in [2.75, 3.05) is 13.2 Å². The Morgan fingerprint density at radius 1 is 1.52 bits per heavy atom. The third kappa shape index (κ3) is 3.89. The average molecular weight is 307 g/mol. The zero-order valence-corrected chi connectivity index (χ0v) is 12.4. The maximum absolute atomic E-state index is 11.8. The molecule has 6 nitrogen and oxygen atoms in total. The van der Waals surface area contributed by atoms with Crippen molar-refractivity contribution >= 4 is 17.2 Å².